The number of thioether (sulfide) groups is 1. The van der Waals surface area contributed by atoms with Crippen molar-refractivity contribution in [2.45, 2.75) is 38.1 Å². The average Bonchev–Trinajstić information content (AvgIpc) is 2.88. The maximum Gasteiger partial charge on any atom is 0.326 e. The molecule has 1 unspecified atom stereocenters. The van der Waals surface area contributed by atoms with Gasteiger partial charge in [0.2, 0.25) is 0 Å². The van der Waals surface area contributed by atoms with Crippen molar-refractivity contribution in [1.29, 1.82) is 0 Å². The molecule has 2 heterocycles. The Kier molecular flexibility index (Phi) is 4.93. The lowest BCUT2D eigenvalue weighted by Gasteiger charge is -2.16. The number of hydrogen-bond donors (Lipinski definition) is 2. The SMILES string of the molecule is CSCCC(C(=O)O)n1c(=S)[nH]c2sc3c(c2c1=O)CCCC3. The summed E-state index contributed by atoms with van der Waals surface area (Å²) in [5, 5.41) is 10.2. The minimum atomic E-state index is -1.01. The molecule has 2 aromatic heterocycles. The Balaban J connectivity index is 2.22. The Morgan fingerprint density at radius 1 is 1.48 bits per heavy atom. The van der Waals surface area contributed by atoms with Gasteiger partial charge in [-0.05, 0) is 61.9 Å². The lowest BCUT2D eigenvalue weighted by atomic mass is 9.97. The average molecular weight is 371 g/mol. The summed E-state index contributed by atoms with van der Waals surface area (Å²) in [6.45, 7) is 0. The van der Waals surface area contributed by atoms with Gasteiger partial charge in [0.15, 0.2) is 4.77 Å². The van der Waals surface area contributed by atoms with Gasteiger partial charge in [0.1, 0.15) is 10.9 Å². The van der Waals surface area contributed by atoms with E-state index in [1.54, 1.807) is 23.1 Å². The van der Waals surface area contributed by atoms with Crippen LogP contribution in [0.25, 0.3) is 10.2 Å². The number of nitrogens with one attached hydrogen (secondary N) is 1. The molecule has 1 aliphatic rings. The number of hydrogen-bond acceptors (Lipinski definition) is 5. The fourth-order valence-corrected chi connectivity index (χ4v) is 5.24. The van der Waals surface area contributed by atoms with Crippen molar-refractivity contribution in [3.8, 4) is 0 Å². The van der Waals surface area contributed by atoms with Crippen molar-refractivity contribution < 1.29 is 9.90 Å². The summed E-state index contributed by atoms with van der Waals surface area (Å²) < 4.78 is 1.47. The molecule has 0 bridgehead atoms. The van der Waals surface area contributed by atoms with Crippen molar-refractivity contribution in [3.05, 3.63) is 25.6 Å². The van der Waals surface area contributed by atoms with Gasteiger partial charge in [0.25, 0.3) is 5.56 Å². The van der Waals surface area contributed by atoms with E-state index in [4.69, 9.17) is 12.2 Å². The van der Waals surface area contributed by atoms with Gasteiger partial charge in [-0.3, -0.25) is 9.36 Å². The summed E-state index contributed by atoms with van der Waals surface area (Å²) in [6, 6.07) is -0.915. The predicted molar refractivity (Wildman–Crippen MR) is 97.6 cm³/mol. The number of aryl methyl sites for hydroxylation is 2. The van der Waals surface area contributed by atoms with Crippen LogP contribution in [-0.2, 0) is 17.6 Å². The quantitative estimate of drug-likeness (QED) is 0.789. The molecule has 1 atom stereocenters. The Labute approximate surface area is 146 Å². The second-order valence-electron chi connectivity index (χ2n) is 5.66. The number of aliphatic carboxylic acids is 1. The lowest BCUT2D eigenvalue weighted by Crippen LogP contribution is -2.32. The summed E-state index contributed by atoms with van der Waals surface area (Å²) in [5.74, 6) is -0.345. The number of aromatic amines is 1. The number of thiophene rings is 1. The largest absolute Gasteiger partial charge is 0.480 e. The molecule has 0 spiro atoms. The first-order valence-corrected chi connectivity index (χ1v) is 10.2. The molecule has 124 valence electrons. The summed E-state index contributed by atoms with van der Waals surface area (Å²) in [6.07, 6.45) is 6.39. The van der Waals surface area contributed by atoms with Gasteiger partial charge >= 0.3 is 5.97 Å². The van der Waals surface area contributed by atoms with Crippen LogP contribution in [0.15, 0.2) is 4.79 Å². The van der Waals surface area contributed by atoms with E-state index in [2.05, 4.69) is 4.98 Å². The van der Waals surface area contributed by atoms with Crippen molar-refractivity contribution >= 4 is 51.5 Å². The van der Waals surface area contributed by atoms with Crippen molar-refractivity contribution in [3.63, 3.8) is 0 Å². The molecule has 2 N–H and O–H groups in total. The van der Waals surface area contributed by atoms with E-state index in [1.807, 2.05) is 6.26 Å². The molecule has 0 aliphatic heterocycles. The van der Waals surface area contributed by atoms with E-state index < -0.39 is 12.0 Å². The maximum absolute atomic E-state index is 13.0. The maximum atomic E-state index is 13.0. The van der Waals surface area contributed by atoms with E-state index in [0.717, 1.165) is 36.1 Å². The third-order valence-electron chi connectivity index (χ3n) is 4.24. The number of fused-ring (bicyclic) bond motifs is 3. The standard InChI is InChI=1S/C15H18N2O3S3/c1-22-7-6-9(14(19)20)17-13(18)11-8-4-2-3-5-10(8)23-12(11)16-15(17)21/h9H,2-7H2,1H3,(H,16,21)(H,19,20). The fraction of sp³-hybridized carbons (Fsp3) is 0.533. The third-order valence-corrected chi connectivity index (χ3v) is 6.39. The van der Waals surface area contributed by atoms with E-state index in [-0.39, 0.29) is 10.3 Å². The molecule has 23 heavy (non-hydrogen) atoms. The minimum absolute atomic E-state index is 0.203. The number of carboxylic acids is 1. The van der Waals surface area contributed by atoms with Gasteiger partial charge in [-0.1, -0.05) is 0 Å². The van der Waals surface area contributed by atoms with Gasteiger partial charge in [0, 0.05) is 4.88 Å². The first kappa shape index (κ1) is 16.7. The van der Waals surface area contributed by atoms with Crippen LogP contribution < -0.4 is 5.56 Å². The summed E-state index contributed by atoms with van der Waals surface area (Å²) in [4.78, 5) is 29.8. The van der Waals surface area contributed by atoms with E-state index >= 15 is 0 Å². The molecule has 2 aromatic rings. The van der Waals surface area contributed by atoms with E-state index in [0.29, 0.717) is 17.6 Å². The van der Waals surface area contributed by atoms with Crippen LogP contribution in [0.5, 0.6) is 0 Å². The molecule has 3 rings (SSSR count). The molecule has 1 aliphatic carbocycles. The summed E-state index contributed by atoms with van der Waals surface area (Å²) >= 11 is 8.45. The molecule has 0 fully saturated rings. The monoisotopic (exact) mass is 370 g/mol. The zero-order valence-electron chi connectivity index (χ0n) is 12.8. The molecule has 0 aromatic carbocycles. The molecular formula is C15H18N2O3S3. The molecule has 0 radical (unpaired) electrons. The number of carboxylic acid groups (broad SMARTS) is 1. The van der Waals surface area contributed by atoms with Gasteiger partial charge in [-0.2, -0.15) is 11.8 Å². The highest BCUT2D eigenvalue weighted by atomic mass is 32.2. The Morgan fingerprint density at radius 2 is 2.22 bits per heavy atom. The van der Waals surface area contributed by atoms with Gasteiger partial charge in [-0.15, -0.1) is 11.3 Å². The fourth-order valence-electron chi connectivity index (χ4n) is 3.13. The van der Waals surface area contributed by atoms with Crippen LogP contribution in [0.1, 0.15) is 35.7 Å². The Morgan fingerprint density at radius 3 is 2.91 bits per heavy atom. The van der Waals surface area contributed by atoms with Crippen molar-refractivity contribution in [1.82, 2.24) is 9.55 Å². The first-order valence-electron chi connectivity index (χ1n) is 7.55. The number of carbonyl (C=O) groups is 1. The van der Waals surface area contributed by atoms with Crippen LogP contribution in [0.2, 0.25) is 0 Å². The molecule has 5 nitrogen and oxygen atoms in total. The highest BCUT2D eigenvalue weighted by Gasteiger charge is 2.26. The normalized spacial score (nSPS) is 15.5. The molecular weight excluding hydrogens is 352 g/mol. The minimum Gasteiger partial charge on any atom is -0.480 e. The van der Waals surface area contributed by atoms with Crippen LogP contribution in [-0.4, -0.2) is 32.6 Å². The van der Waals surface area contributed by atoms with Crippen LogP contribution in [0, 0.1) is 4.77 Å². The zero-order chi connectivity index (χ0) is 16.6. The smallest absolute Gasteiger partial charge is 0.326 e. The highest BCUT2D eigenvalue weighted by molar-refractivity contribution is 7.98. The topological polar surface area (TPSA) is 75.1 Å². The summed E-state index contributed by atoms with van der Waals surface area (Å²) in [5.41, 5.74) is 0.840. The zero-order valence-corrected chi connectivity index (χ0v) is 15.2. The second kappa shape index (κ2) is 6.78. The van der Waals surface area contributed by atoms with Crippen LogP contribution in [0.4, 0.5) is 0 Å². The van der Waals surface area contributed by atoms with Gasteiger partial charge in [-0.25, -0.2) is 4.79 Å². The molecule has 8 heteroatoms. The molecule has 0 amide bonds. The van der Waals surface area contributed by atoms with Crippen LogP contribution >= 0.6 is 35.3 Å². The Bertz CT molecular complexity index is 865. The number of aromatic nitrogens is 2. The second-order valence-corrected chi connectivity index (χ2v) is 8.13. The van der Waals surface area contributed by atoms with E-state index in [9.17, 15) is 14.7 Å². The predicted octanol–water partition coefficient (Wildman–Crippen LogP) is 3.38. The van der Waals surface area contributed by atoms with Crippen molar-refractivity contribution in [2.24, 2.45) is 0 Å². The van der Waals surface area contributed by atoms with Crippen molar-refractivity contribution in [2.75, 3.05) is 12.0 Å². The number of H-pyrrole nitrogens is 1. The number of rotatable bonds is 5. The number of nitrogens with zero attached hydrogens (tertiary/aromatic N) is 1. The Hall–Kier alpha value is -1.12. The van der Waals surface area contributed by atoms with E-state index in [1.165, 1.54) is 9.44 Å². The van der Waals surface area contributed by atoms with Crippen LogP contribution in [0.3, 0.4) is 0 Å². The first-order chi connectivity index (χ1) is 11.0. The van der Waals surface area contributed by atoms with Gasteiger partial charge in [0.05, 0.1) is 5.39 Å². The lowest BCUT2D eigenvalue weighted by molar-refractivity contribution is -0.141. The third kappa shape index (κ3) is 2.99. The van der Waals surface area contributed by atoms with Gasteiger partial charge < -0.3 is 10.1 Å². The summed E-state index contributed by atoms with van der Waals surface area (Å²) in [7, 11) is 0. The molecule has 0 saturated heterocycles. The highest BCUT2D eigenvalue weighted by Crippen LogP contribution is 2.33. The molecule has 0 saturated carbocycles.